The third kappa shape index (κ3) is 3.88. The number of amides is 1. The van der Waals surface area contributed by atoms with Gasteiger partial charge in [0.2, 0.25) is 5.91 Å². The Labute approximate surface area is 118 Å². The van der Waals surface area contributed by atoms with Gasteiger partial charge in [0.05, 0.1) is 23.5 Å². The average Bonchev–Trinajstić information content (AvgIpc) is 2.41. The van der Waals surface area contributed by atoms with Gasteiger partial charge in [-0.3, -0.25) is 4.79 Å². The van der Waals surface area contributed by atoms with Gasteiger partial charge in [0.25, 0.3) is 0 Å². The molecule has 1 unspecified atom stereocenters. The lowest BCUT2D eigenvalue weighted by atomic mass is 10.1. The first-order valence-corrected chi connectivity index (χ1v) is 6.61. The molecule has 1 rings (SSSR count). The highest BCUT2D eigenvalue weighted by molar-refractivity contribution is 6.00. The Morgan fingerprint density at radius 2 is 2.05 bits per heavy atom. The molecule has 0 radical (unpaired) electrons. The van der Waals surface area contributed by atoms with Gasteiger partial charge >= 0.3 is 5.97 Å². The lowest BCUT2D eigenvalue weighted by molar-refractivity contribution is -0.121. The molecule has 0 aliphatic rings. The first-order chi connectivity index (χ1) is 9.51. The van der Waals surface area contributed by atoms with Gasteiger partial charge in [0.15, 0.2) is 0 Å². The van der Waals surface area contributed by atoms with Gasteiger partial charge < -0.3 is 21.1 Å². The number of nitrogens with one attached hydrogen (secondary N) is 2. The second-order valence-corrected chi connectivity index (χ2v) is 4.25. The normalized spacial score (nSPS) is 11.6. The highest BCUT2D eigenvalue weighted by atomic mass is 16.5. The van der Waals surface area contributed by atoms with Crippen LogP contribution in [0, 0.1) is 0 Å². The molecule has 1 aromatic rings. The largest absolute Gasteiger partial charge is 0.462 e. The fraction of sp³-hybridized carbons (Fsp3) is 0.429. The van der Waals surface area contributed by atoms with Crippen LogP contribution in [0.15, 0.2) is 18.2 Å². The van der Waals surface area contributed by atoms with Crippen molar-refractivity contribution < 1.29 is 14.3 Å². The maximum absolute atomic E-state index is 11.9. The van der Waals surface area contributed by atoms with Crippen LogP contribution in [0.5, 0.6) is 0 Å². The summed E-state index contributed by atoms with van der Waals surface area (Å²) < 4.78 is 4.98. The van der Waals surface area contributed by atoms with Crippen LogP contribution < -0.4 is 16.4 Å². The molecular formula is C14H21N3O3. The molecular weight excluding hydrogens is 258 g/mol. The summed E-state index contributed by atoms with van der Waals surface area (Å²) in [5.74, 6) is -0.629. The van der Waals surface area contributed by atoms with Crippen molar-refractivity contribution in [1.82, 2.24) is 5.32 Å². The minimum atomic E-state index is -0.507. The molecule has 6 nitrogen and oxygen atoms in total. The van der Waals surface area contributed by atoms with Crippen molar-refractivity contribution in [1.29, 1.82) is 0 Å². The topological polar surface area (TPSA) is 93.5 Å². The molecule has 0 heterocycles. The van der Waals surface area contributed by atoms with Gasteiger partial charge in [-0.25, -0.2) is 4.79 Å². The summed E-state index contributed by atoms with van der Waals surface area (Å²) in [4.78, 5) is 23.6. The summed E-state index contributed by atoms with van der Waals surface area (Å²) in [5.41, 5.74) is 7.01. The summed E-state index contributed by atoms with van der Waals surface area (Å²) in [6.45, 7) is 6.09. The van der Waals surface area contributed by atoms with E-state index in [4.69, 9.17) is 10.5 Å². The maximum atomic E-state index is 11.9. The lowest BCUT2D eigenvalue weighted by Gasteiger charge is -2.18. The standard InChI is InChI=1S/C14H21N3O3/c1-4-16-13(18)9(3)17-12-10(14(19)20-5-2)7-6-8-11(12)15/h6-9,17H,4-5,15H2,1-3H3,(H,16,18). The number of rotatable bonds is 6. The number of nitrogen functional groups attached to an aromatic ring is 1. The van der Waals surface area contributed by atoms with Gasteiger partial charge in [-0.15, -0.1) is 0 Å². The molecule has 0 spiro atoms. The van der Waals surface area contributed by atoms with Crippen molar-refractivity contribution >= 4 is 23.3 Å². The maximum Gasteiger partial charge on any atom is 0.340 e. The van der Waals surface area contributed by atoms with E-state index < -0.39 is 12.0 Å². The van der Waals surface area contributed by atoms with Crippen molar-refractivity contribution in [3.05, 3.63) is 23.8 Å². The minimum Gasteiger partial charge on any atom is -0.462 e. The predicted molar refractivity (Wildman–Crippen MR) is 78.6 cm³/mol. The van der Waals surface area contributed by atoms with E-state index in [-0.39, 0.29) is 12.5 Å². The third-order valence-corrected chi connectivity index (χ3v) is 2.70. The fourth-order valence-electron chi connectivity index (χ4n) is 1.72. The van der Waals surface area contributed by atoms with Crippen LogP contribution in [0.3, 0.4) is 0 Å². The van der Waals surface area contributed by atoms with E-state index in [0.29, 0.717) is 23.5 Å². The van der Waals surface area contributed by atoms with Crippen LogP contribution in [0.2, 0.25) is 0 Å². The molecule has 0 aromatic heterocycles. The zero-order valence-electron chi connectivity index (χ0n) is 12.0. The van der Waals surface area contributed by atoms with Crippen molar-refractivity contribution in [2.45, 2.75) is 26.8 Å². The Kier molecular flexibility index (Phi) is 5.83. The molecule has 20 heavy (non-hydrogen) atoms. The Hall–Kier alpha value is -2.24. The Morgan fingerprint density at radius 3 is 2.65 bits per heavy atom. The zero-order chi connectivity index (χ0) is 15.1. The van der Waals surface area contributed by atoms with Crippen LogP contribution >= 0.6 is 0 Å². The molecule has 6 heteroatoms. The van der Waals surface area contributed by atoms with E-state index in [2.05, 4.69) is 10.6 Å². The molecule has 0 aliphatic carbocycles. The molecule has 0 saturated carbocycles. The SMILES string of the molecule is CCNC(=O)C(C)Nc1c(N)cccc1C(=O)OCC. The fourth-order valence-corrected chi connectivity index (χ4v) is 1.72. The molecule has 0 bridgehead atoms. The van der Waals surface area contributed by atoms with E-state index >= 15 is 0 Å². The number of benzene rings is 1. The first kappa shape index (κ1) is 15.8. The van der Waals surface area contributed by atoms with Crippen LogP contribution in [0.1, 0.15) is 31.1 Å². The van der Waals surface area contributed by atoms with Crippen molar-refractivity contribution in [3.8, 4) is 0 Å². The second kappa shape index (κ2) is 7.37. The lowest BCUT2D eigenvalue weighted by Crippen LogP contribution is -2.37. The minimum absolute atomic E-state index is 0.162. The van der Waals surface area contributed by atoms with Gasteiger partial charge in [0.1, 0.15) is 6.04 Å². The number of esters is 1. The molecule has 0 fully saturated rings. The molecule has 4 N–H and O–H groups in total. The summed E-state index contributed by atoms with van der Waals surface area (Å²) in [6, 6.07) is 4.44. The van der Waals surface area contributed by atoms with E-state index in [1.54, 1.807) is 32.0 Å². The molecule has 1 atom stereocenters. The van der Waals surface area contributed by atoms with Crippen molar-refractivity contribution in [2.24, 2.45) is 0 Å². The number of para-hydroxylation sites is 1. The number of ether oxygens (including phenoxy) is 1. The molecule has 110 valence electrons. The number of hydrogen-bond acceptors (Lipinski definition) is 5. The average molecular weight is 279 g/mol. The second-order valence-electron chi connectivity index (χ2n) is 4.25. The highest BCUT2D eigenvalue weighted by Crippen LogP contribution is 2.25. The van der Waals surface area contributed by atoms with Gasteiger partial charge in [0, 0.05) is 6.54 Å². The van der Waals surface area contributed by atoms with Crippen molar-refractivity contribution in [2.75, 3.05) is 24.2 Å². The quantitative estimate of drug-likeness (QED) is 0.540. The molecule has 0 saturated heterocycles. The monoisotopic (exact) mass is 279 g/mol. The van der Waals surface area contributed by atoms with Gasteiger partial charge in [-0.1, -0.05) is 6.07 Å². The summed E-state index contributed by atoms with van der Waals surface area (Å²) in [5, 5.41) is 5.67. The number of likely N-dealkylation sites (N-methyl/N-ethyl adjacent to an activating group) is 1. The van der Waals surface area contributed by atoms with Crippen LogP contribution in [-0.4, -0.2) is 31.1 Å². The summed E-state index contributed by atoms with van der Waals surface area (Å²) in [7, 11) is 0. The van der Waals surface area contributed by atoms with Gasteiger partial charge in [-0.2, -0.15) is 0 Å². The molecule has 1 aromatic carbocycles. The zero-order valence-corrected chi connectivity index (χ0v) is 12.0. The molecule has 0 aliphatic heterocycles. The van der Waals surface area contributed by atoms with E-state index in [9.17, 15) is 9.59 Å². The Balaban J connectivity index is 2.98. The third-order valence-electron chi connectivity index (χ3n) is 2.70. The molecule has 1 amide bonds. The number of anilines is 2. The van der Waals surface area contributed by atoms with Crippen LogP contribution in [-0.2, 0) is 9.53 Å². The summed E-state index contributed by atoms with van der Waals surface area (Å²) in [6.07, 6.45) is 0. The van der Waals surface area contributed by atoms with E-state index in [1.165, 1.54) is 0 Å². The van der Waals surface area contributed by atoms with Crippen LogP contribution in [0.4, 0.5) is 11.4 Å². The van der Waals surface area contributed by atoms with Crippen LogP contribution in [0.25, 0.3) is 0 Å². The van der Waals surface area contributed by atoms with E-state index in [1.807, 2.05) is 6.92 Å². The first-order valence-electron chi connectivity index (χ1n) is 6.61. The number of hydrogen-bond donors (Lipinski definition) is 3. The smallest absolute Gasteiger partial charge is 0.340 e. The van der Waals surface area contributed by atoms with Crippen molar-refractivity contribution in [3.63, 3.8) is 0 Å². The number of carbonyl (C=O) groups excluding carboxylic acids is 2. The van der Waals surface area contributed by atoms with E-state index in [0.717, 1.165) is 0 Å². The predicted octanol–water partition coefficient (Wildman–Crippen LogP) is 1.38. The summed E-state index contributed by atoms with van der Waals surface area (Å²) >= 11 is 0. The highest BCUT2D eigenvalue weighted by Gasteiger charge is 2.19. The number of nitrogens with two attached hydrogens (primary N) is 1. The Morgan fingerprint density at radius 1 is 1.35 bits per heavy atom. The number of carbonyl (C=O) groups is 2. The Bertz CT molecular complexity index is 489. The van der Waals surface area contributed by atoms with Gasteiger partial charge in [-0.05, 0) is 32.9 Å².